The molecule has 1 saturated carbocycles. The number of likely N-dealkylation sites (tertiary alicyclic amines) is 1. The van der Waals surface area contributed by atoms with E-state index < -0.39 is 23.8 Å². The lowest BCUT2D eigenvalue weighted by Crippen LogP contribution is -2.49. The number of nitrogens with two attached hydrogens (primary N) is 1. The van der Waals surface area contributed by atoms with Gasteiger partial charge in [0.25, 0.3) is 5.91 Å². The van der Waals surface area contributed by atoms with Crippen LogP contribution in [0.5, 0.6) is 11.6 Å². The summed E-state index contributed by atoms with van der Waals surface area (Å²) in [6.45, 7) is 3.77. The van der Waals surface area contributed by atoms with Crippen LogP contribution in [0.2, 0.25) is 0 Å². The fourth-order valence-electron chi connectivity index (χ4n) is 4.49. The number of hydrogen-bond donors (Lipinski definition) is 2. The Morgan fingerprint density at radius 3 is 2.58 bits per heavy atom. The number of alkyl halides is 1. The third-order valence-electron chi connectivity index (χ3n) is 6.69. The second kappa shape index (κ2) is 11.2. The standard InChI is InChI=1S/C28H33FN6O5/c1-28(2,38)16-35-14-18(12-33-35)17-9-22(26(30)37)27(32-11-17)40-24-7-8-34(15-23(24)29)25(36)10-19-3-4-21(13-31-19)39-20-5-6-20/h3-4,9,11-14,20,23-24,38H,5-8,10,15-16H2,1-2H3,(H2,30,37)/t23-,24+/m1/s1. The SMILES string of the molecule is CC(C)(O)Cn1cc(-c2cnc(O[C@H]3CCN(C(=O)Cc4ccc(OC5CC5)cn4)C[C@H]3F)c(C(N)=O)c2)cn1. The number of rotatable bonds is 10. The van der Waals surface area contributed by atoms with Crippen LogP contribution in [0.4, 0.5) is 4.39 Å². The van der Waals surface area contributed by atoms with E-state index in [0.717, 1.165) is 12.8 Å². The molecule has 0 aromatic carbocycles. The van der Waals surface area contributed by atoms with Gasteiger partial charge in [0, 0.05) is 42.2 Å². The summed E-state index contributed by atoms with van der Waals surface area (Å²) in [5.74, 6) is -0.379. The fourth-order valence-corrected chi connectivity index (χ4v) is 4.49. The molecule has 1 aliphatic carbocycles. The molecule has 3 aromatic heterocycles. The molecule has 5 rings (SSSR count). The van der Waals surface area contributed by atoms with Crippen LogP contribution in [0.3, 0.4) is 0 Å². The number of piperidine rings is 1. The summed E-state index contributed by atoms with van der Waals surface area (Å²) in [6, 6.07) is 5.07. The van der Waals surface area contributed by atoms with Gasteiger partial charge in [-0.05, 0) is 44.9 Å². The van der Waals surface area contributed by atoms with E-state index in [2.05, 4.69) is 15.1 Å². The molecule has 2 fully saturated rings. The van der Waals surface area contributed by atoms with Gasteiger partial charge in [-0.1, -0.05) is 0 Å². The number of primary amides is 1. The molecule has 1 saturated heterocycles. The van der Waals surface area contributed by atoms with Gasteiger partial charge in [0.15, 0.2) is 6.17 Å². The van der Waals surface area contributed by atoms with E-state index in [0.29, 0.717) is 22.6 Å². The molecule has 4 heterocycles. The molecule has 0 unspecified atom stereocenters. The Morgan fingerprint density at radius 2 is 1.93 bits per heavy atom. The maximum Gasteiger partial charge on any atom is 0.254 e. The Hall–Kier alpha value is -4.06. The van der Waals surface area contributed by atoms with Crippen molar-refractivity contribution >= 4 is 11.8 Å². The van der Waals surface area contributed by atoms with Crippen molar-refractivity contribution in [2.45, 2.75) is 70.1 Å². The molecule has 40 heavy (non-hydrogen) atoms. The van der Waals surface area contributed by atoms with Crippen LogP contribution < -0.4 is 15.2 Å². The molecule has 3 N–H and O–H groups in total. The predicted molar refractivity (Wildman–Crippen MR) is 142 cm³/mol. The number of halogens is 1. The van der Waals surface area contributed by atoms with Crippen LogP contribution in [-0.4, -0.2) is 78.6 Å². The second-order valence-corrected chi connectivity index (χ2v) is 11.0. The Bertz CT molecular complexity index is 1370. The molecule has 11 nitrogen and oxygen atoms in total. The second-order valence-electron chi connectivity index (χ2n) is 11.0. The van der Waals surface area contributed by atoms with Crippen molar-refractivity contribution in [2.75, 3.05) is 13.1 Å². The molecular formula is C28H33FN6O5. The highest BCUT2D eigenvalue weighted by molar-refractivity contribution is 5.96. The van der Waals surface area contributed by atoms with Gasteiger partial charge in [0.2, 0.25) is 11.8 Å². The van der Waals surface area contributed by atoms with Gasteiger partial charge in [0.1, 0.15) is 17.4 Å². The zero-order chi connectivity index (χ0) is 28.4. The molecule has 2 aliphatic rings. The number of pyridine rings is 2. The predicted octanol–water partition coefficient (Wildman–Crippen LogP) is 2.31. The van der Waals surface area contributed by atoms with E-state index in [1.54, 1.807) is 49.3 Å². The van der Waals surface area contributed by atoms with Gasteiger partial charge in [0.05, 0.1) is 43.6 Å². The molecule has 0 radical (unpaired) electrons. The molecule has 212 valence electrons. The lowest BCUT2D eigenvalue weighted by molar-refractivity contribution is -0.134. The zero-order valence-electron chi connectivity index (χ0n) is 22.5. The summed E-state index contributed by atoms with van der Waals surface area (Å²) >= 11 is 0. The Kier molecular flexibility index (Phi) is 7.70. The first kappa shape index (κ1) is 27.5. The van der Waals surface area contributed by atoms with Gasteiger partial charge in [-0.2, -0.15) is 5.10 Å². The maximum absolute atomic E-state index is 15.2. The zero-order valence-corrected chi connectivity index (χ0v) is 22.5. The van der Waals surface area contributed by atoms with Crippen LogP contribution in [0.15, 0.2) is 43.0 Å². The largest absolute Gasteiger partial charge is 0.489 e. The average molecular weight is 553 g/mol. The summed E-state index contributed by atoms with van der Waals surface area (Å²) < 4.78 is 28.2. The van der Waals surface area contributed by atoms with E-state index >= 15 is 4.39 Å². The molecule has 3 aromatic rings. The van der Waals surface area contributed by atoms with Crippen molar-refractivity contribution in [3.05, 3.63) is 54.2 Å². The van der Waals surface area contributed by atoms with Crippen molar-refractivity contribution in [3.8, 4) is 22.8 Å². The third kappa shape index (κ3) is 6.92. The number of carbonyl (C=O) groups is 2. The number of aliphatic hydroxyl groups is 1. The smallest absolute Gasteiger partial charge is 0.254 e. The maximum atomic E-state index is 15.2. The molecular weight excluding hydrogens is 519 g/mol. The van der Waals surface area contributed by atoms with Gasteiger partial charge in [-0.15, -0.1) is 0 Å². The highest BCUT2D eigenvalue weighted by atomic mass is 19.1. The summed E-state index contributed by atoms with van der Waals surface area (Å²) in [5, 5.41) is 14.3. The number of amides is 2. The first-order valence-corrected chi connectivity index (χ1v) is 13.3. The van der Waals surface area contributed by atoms with Gasteiger partial charge in [-0.25, -0.2) is 9.37 Å². The summed E-state index contributed by atoms with van der Waals surface area (Å²) in [6.07, 6.45) is 6.67. The highest BCUT2D eigenvalue weighted by Crippen LogP contribution is 2.28. The minimum Gasteiger partial charge on any atom is -0.489 e. The minimum atomic E-state index is -1.48. The summed E-state index contributed by atoms with van der Waals surface area (Å²) in [4.78, 5) is 35.0. The lowest BCUT2D eigenvalue weighted by atomic mass is 10.0. The summed E-state index contributed by atoms with van der Waals surface area (Å²) in [7, 11) is 0. The van der Waals surface area contributed by atoms with Crippen LogP contribution >= 0.6 is 0 Å². The monoisotopic (exact) mass is 552 g/mol. The number of aromatic nitrogens is 4. The fraction of sp³-hybridized carbons (Fsp3) is 0.464. The van der Waals surface area contributed by atoms with E-state index in [9.17, 15) is 14.7 Å². The minimum absolute atomic E-state index is 0.0126. The number of nitrogens with zero attached hydrogens (tertiary/aromatic N) is 5. The molecule has 0 bridgehead atoms. The number of hydrogen-bond acceptors (Lipinski definition) is 8. The van der Waals surface area contributed by atoms with Crippen molar-refractivity contribution in [2.24, 2.45) is 5.73 Å². The number of carbonyl (C=O) groups excluding carboxylic acids is 2. The van der Waals surface area contributed by atoms with Crippen molar-refractivity contribution < 1.29 is 28.6 Å². The van der Waals surface area contributed by atoms with Gasteiger partial charge >= 0.3 is 0 Å². The van der Waals surface area contributed by atoms with Crippen LogP contribution in [0.25, 0.3) is 11.1 Å². The normalized spacial score (nSPS) is 19.4. The van der Waals surface area contributed by atoms with Gasteiger partial charge in [-0.3, -0.25) is 19.3 Å². The quantitative estimate of drug-likeness (QED) is 0.390. The van der Waals surface area contributed by atoms with Crippen LogP contribution in [-0.2, 0) is 17.8 Å². The average Bonchev–Trinajstić information content (AvgIpc) is 3.60. The van der Waals surface area contributed by atoms with E-state index in [4.69, 9.17) is 15.2 Å². The molecule has 2 atom stereocenters. The van der Waals surface area contributed by atoms with E-state index in [1.807, 2.05) is 0 Å². The topological polar surface area (TPSA) is 146 Å². The first-order chi connectivity index (χ1) is 19.0. The first-order valence-electron chi connectivity index (χ1n) is 13.3. The van der Waals surface area contributed by atoms with E-state index in [-0.39, 0.29) is 55.9 Å². The van der Waals surface area contributed by atoms with Crippen molar-refractivity contribution in [1.82, 2.24) is 24.6 Å². The Balaban J connectivity index is 1.19. The molecule has 2 amide bonds. The third-order valence-corrected chi connectivity index (χ3v) is 6.69. The molecule has 1 aliphatic heterocycles. The Morgan fingerprint density at radius 1 is 1.12 bits per heavy atom. The molecule has 0 spiro atoms. The van der Waals surface area contributed by atoms with Crippen molar-refractivity contribution in [1.29, 1.82) is 0 Å². The van der Waals surface area contributed by atoms with Gasteiger partial charge < -0.3 is 25.2 Å². The number of ether oxygens (including phenoxy) is 2. The molecule has 12 heteroatoms. The van der Waals surface area contributed by atoms with Crippen LogP contribution in [0, 0.1) is 0 Å². The highest BCUT2D eigenvalue weighted by Gasteiger charge is 2.34. The van der Waals surface area contributed by atoms with Crippen molar-refractivity contribution in [3.63, 3.8) is 0 Å². The van der Waals surface area contributed by atoms with E-state index in [1.165, 1.54) is 17.2 Å². The lowest BCUT2D eigenvalue weighted by Gasteiger charge is -2.34. The van der Waals surface area contributed by atoms with Crippen LogP contribution in [0.1, 0.15) is 49.2 Å². The summed E-state index contributed by atoms with van der Waals surface area (Å²) in [5.41, 5.74) is 6.47. The Labute approximate surface area is 231 Å².